The predicted octanol–water partition coefficient (Wildman–Crippen LogP) is 0.764. The molecule has 0 aromatic heterocycles. The van der Waals surface area contributed by atoms with Gasteiger partial charge < -0.3 is 10.8 Å². The molecule has 1 aliphatic rings. The van der Waals surface area contributed by atoms with Gasteiger partial charge in [-0.25, -0.2) is 6.08 Å². The first-order chi connectivity index (χ1) is 3.00. The summed E-state index contributed by atoms with van der Waals surface area (Å²) in [6.45, 7) is 1.62. The minimum Gasteiger partial charge on any atom is -0.496 e. The van der Waals surface area contributed by atoms with Crippen LogP contribution in [0.5, 0.6) is 0 Å². The average molecular weight is 172 g/mol. The summed E-state index contributed by atoms with van der Waals surface area (Å²) in [5, 5.41) is 0. The number of rotatable bonds is 0. The Labute approximate surface area is 69.0 Å². The molecule has 7 heavy (non-hydrogen) atoms. The van der Waals surface area contributed by atoms with Crippen LogP contribution in [0.4, 0.5) is 0 Å². The second kappa shape index (κ2) is 4.95. The van der Waals surface area contributed by atoms with Gasteiger partial charge in [-0.05, 0) is 0 Å². The largest absolute Gasteiger partial charge is 0.496 e. The van der Waals surface area contributed by atoms with E-state index in [4.69, 9.17) is 4.74 Å². The van der Waals surface area contributed by atoms with Crippen molar-refractivity contribution in [2.24, 2.45) is 0 Å². The fourth-order valence-corrected chi connectivity index (χ4v) is 0.434. The second-order valence-electron chi connectivity index (χ2n) is 1.23. The third-order valence-corrected chi connectivity index (χ3v) is 0.736. The Bertz CT molecular complexity index is 53.1. The molecule has 1 rings (SSSR count). The van der Waals surface area contributed by atoms with Gasteiger partial charge in [0.25, 0.3) is 0 Å². The third kappa shape index (κ3) is 3.39. The predicted molar refractivity (Wildman–Crippen MR) is 23.2 cm³/mol. The van der Waals surface area contributed by atoms with Crippen LogP contribution in [0.2, 0.25) is 0 Å². The van der Waals surface area contributed by atoms with Crippen molar-refractivity contribution < 1.29 is 37.4 Å². The van der Waals surface area contributed by atoms with Gasteiger partial charge in [0.1, 0.15) is 0 Å². The van der Waals surface area contributed by atoms with Crippen molar-refractivity contribution in [1.82, 2.24) is 0 Å². The zero-order chi connectivity index (χ0) is 4.24. The minimum absolute atomic E-state index is 0. The van der Waals surface area contributed by atoms with Gasteiger partial charge in [-0.15, -0.1) is 0 Å². The van der Waals surface area contributed by atoms with Gasteiger partial charge in [0.2, 0.25) is 0 Å². The van der Waals surface area contributed by atoms with Gasteiger partial charge in [0.15, 0.2) is 0 Å². The standard InChI is InChI=1S/C5H7O.Y/c1-2-4-6-5-3-1;/h2H,3-5H2;/q-1;. The first-order valence-corrected chi connectivity index (χ1v) is 2.13. The van der Waals surface area contributed by atoms with E-state index < -0.39 is 0 Å². The van der Waals surface area contributed by atoms with E-state index in [0.29, 0.717) is 0 Å². The molecule has 0 aliphatic carbocycles. The SMILES string of the molecule is [C-]1=CCOCC1.[Y]. The van der Waals surface area contributed by atoms with E-state index in [1.165, 1.54) is 0 Å². The van der Waals surface area contributed by atoms with Crippen LogP contribution in [-0.2, 0) is 37.4 Å². The Morgan fingerprint density at radius 1 is 1.57 bits per heavy atom. The van der Waals surface area contributed by atoms with Gasteiger partial charge >= 0.3 is 0 Å². The molecule has 0 saturated carbocycles. The number of hydrogen-bond acceptors (Lipinski definition) is 1. The minimum atomic E-state index is 0. The monoisotopic (exact) mass is 172 g/mol. The van der Waals surface area contributed by atoms with Crippen molar-refractivity contribution in [3.05, 3.63) is 12.2 Å². The molecular formula is C5H7OY-. The second-order valence-corrected chi connectivity index (χ2v) is 1.23. The average Bonchev–Trinajstić information content (AvgIpc) is 1.72. The molecule has 37 valence electrons. The van der Waals surface area contributed by atoms with Crippen molar-refractivity contribution in [2.75, 3.05) is 13.2 Å². The van der Waals surface area contributed by atoms with E-state index >= 15 is 0 Å². The Morgan fingerprint density at radius 3 is 2.57 bits per heavy atom. The summed E-state index contributed by atoms with van der Waals surface area (Å²) in [4.78, 5) is 0. The van der Waals surface area contributed by atoms with E-state index in [-0.39, 0.29) is 32.7 Å². The molecule has 0 spiro atoms. The molecule has 2 heteroatoms. The molecule has 0 aromatic rings. The molecule has 0 atom stereocenters. The normalized spacial score (nSPS) is 18.3. The molecule has 0 bridgehead atoms. The fraction of sp³-hybridized carbons (Fsp3) is 0.600. The summed E-state index contributed by atoms with van der Waals surface area (Å²) < 4.78 is 4.95. The van der Waals surface area contributed by atoms with Crippen LogP contribution in [0.15, 0.2) is 6.08 Å². The molecule has 0 aromatic carbocycles. The van der Waals surface area contributed by atoms with Gasteiger partial charge in [0, 0.05) is 45.9 Å². The molecule has 0 N–H and O–H groups in total. The maximum absolute atomic E-state index is 4.95. The van der Waals surface area contributed by atoms with Crippen LogP contribution in [0.3, 0.4) is 0 Å². The van der Waals surface area contributed by atoms with E-state index in [9.17, 15) is 0 Å². The topological polar surface area (TPSA) is 9.23 Å². The first-order valence-electron chi connectivity index (χ1n) is 2.13. The Hall–Kier alpha value is 0.804. The molecule has 0 saturated heterocycles. The van der Waals surface area contributed by atoms with Crippen LogP contribution in [0, 0.1) is 6.08 Å². The van der Waals surface area contributed by atoms with Gasteiger partial charge in [-0.3, -0.25) is 0 Å². The zero-order valence-electron chi connectivity index (χ0n) is 4.18. The van der Waals surface area contributed by atoms with E-state index in [2.05, 4.69) is 6.08 Å². The van der Waals surface area contributed by atoms with E-state index in [0.717, 1.165) is 19.6 Å². The van der Waals surface area contributed by atoms with Gasteiger partial charge in [-0.2, -0.15) is 6.42 Å². The van der Waals surface area contributed by atoms with Crippen LogP contribution < -0.4 is 0 Å². The first kappa shape index (κ1) is 7.80. The smallest absolute Gasteiger partial charge is 0.0330 e. The van der Waals surface area contributed by atoms with Crippen molar-refractivity contribution in [2.45, 2.75) is 6.42 Å². The van der Waals surface area contributed by atoms with Crippen LogP contribution in [-0.4, -0.2) is 13.2 Å². The Kier molecular flexibility index (Phi) is 5.52. The van der Waals surface area contributed by atoms with Crippen LogP contribution in [0.25, 0.3) is 0 Å². The van der Waals surface area contributed by atoms with Crippen molar-refractivity contribution in [3.63, 3.8) is 0 Å². The summed E-state index contributed by atoms with van der Waals surface area (Å²) in [5.74, 6) is 0. The summed E-state index contributed by atoms with van der Waals surface area (Å²) >= 11 is 0. The third-order valence-electron chi connectivity index (χ3n) is 0.736. The summed E-state index contributed by atoms with van der Waals surface area (Å²) in [6.07, 6.45) is 5.93. The zero-order valence-corrected chi connectivity index (χ0v) is 7.02. The van der Waals surface area contributed by atoms with Crippen LogP contribution in [0.1, 0.15) is 6.42 Å². The molecule has 1 heterocycles. The molecule has 1 radical (unpaired) electrons. The molecule has 1 aliphatic heterocycles. The maximum atomic E-state index is 4.95. The Balaban J connectivity index is 0.000000360. The van der Waals surface area contributed by atoms with E-state index in [1.807, 2.05) is 6.08 Å². The summed E-state index contributed by atoms with van der Waals surface area (Å²) in [5.41, 5.74) is 0. The van der Waals surface area contributed by atoms with Gasteiger partial charge in [0.05, 0.1) is 0 Å². The number of ether oxygens (including phenoxy) is 1. The molecule has 1 nitrogen and oxygen atoms in total. The van der Waals surface area contributed by atoms with Crippen molar-refractivity contribution >= 4 is 0 Å². The van der Waals surface area contributed by atoms with Gasteiger partial charge in [-0.1, -0.05) is 0 Å². The van der Waals surface area contributed by atoms with Crippen LogP contribution >= 0.6 is 0 Å². The van der Waals surface area contributed by atoms with Crippen molar-refractivity contribution in [1.29, 1.82) is 0 Å². The molecule has 0 amide bonds. The molecule has 0 unspecified atom stereocenters. The molecule has 0 fully saturated rings. The Morgan fingerprint density at radius 2 is 2.43 bits per heavy atom. The fourth-order valence-electron chi connectivity index (χ4n) is 0.434. The maximum Gasteiger partial charge on any atom is 0.0330 e. The quantitative estimate of drug-likeness (QED) is 0.490. The summed E-state index contributed by atoms with van der Waals surface area (Å²) in [7, 11) is 0. The number of hydrogen-bond donors (Lipinski definition) is 0. The van der Waals surface area contributed by atoms with E-state index in [1.54, 1.807) is 0 Å². The van der Waals surface area contributed by atoms with Crippen molar-refractivity contribution in [3.8, 4) is 0 Å². The molecular weight excluding hydrogens is 165 g/mol. The summed E-state index contributed by atoms with van der Waals surface area (Å²) in [6, 6.07) is 0.